The predicted molar refractivity (Wildman–Crippen MR) is 137 cm³/mol. The lowest BCUT2D eigenvalue weighted by Gasteiger charge is -2.29. The maximum atomic E-state index is 12.0. The van der Waals surface area contributed by atoms with Crippen molar-refractivity contribution in [2.45, 2.75) is 6.54 Å². The van der Waals surface area contributed by atoms with Crippen LogP contribution in [0.25, 0.3) is 10.9 Å². The molecule has 11 nitrogen and oxygen atoms in total. The highest BCUT2D eigenvalue weighted by Crippen LogP contribution is 2.24. The van der Waals surface area contributed by atoms with Crippen LogP contribution in [0.1, 0.15) is 5.69 Å². The van der Waals surface area contributed by atoms with Gasteiger partial charge in [-0.3, -0.25) is 14.0 Å². The number of pyridine rings is 1. The average molecular weight is 494 g/mol. The Morgan fingerprint density at radius 2 is 1.80 bits per heavy atom. The molecule has 3 aromatic heterocycles. The van der Waals surface area contributed by atoms with E-state index < -0.39 is 10.0 Å². The fourth-order valence-corrected chi connectivity index (χ4v) is 4.49. The Kier molecular flexibility index (Phi) is 6.22. The fraction of sp³-hybridized carbons (Fsp3) is 0.304. The second-order valence-electron chi connectivity index (χ2n) is 8.40. The van der Waals surface area contributed by atoms with E-state index >= 15 is 0 Å². The van der Waals surface area contributed by atoms with Crippen LogP contribution in [0, 0.1) is 0 Å². The van der Waals surface area contributed by atoms with E-state index in [1.54, 1.807) is 23.3 Å². The number of anilines is 4. The maximum Gasteiger partial charge on any atom is 0.233 e. The van der Waals surface area contributed by atoms with E-state index in [1.165, 1.54) is 18.9 Å². The first-order chi connectivity index (χ1) is 16.9. The number of rotatable bonds is 7. The lowest BCUT2D eigenvalue weighted by atomic mass is 10.2. The van der Waals surface area contributed by atoms with Crippen molar-refractivity contribution < 1.29 is 8.42 Å². The summed E-state index contributed by atoms with van der Waals surface area (Å²) in [4.78, 5) is 15.5. The lowest BCUT2D eigenvalue weighted by molar-refractivity contribution is 0.589. The van der Waals surface area contributed by atoms with Gasteiger partial charge in [0.15, 0.2) is 5.82 Å². The summed E-state index contributed by atoms with van der Waals surface area (Å²) < 4.78 is 27.0. The van der Waals surface area contributed by atoms with Crippen LogP contribution in [-0.4, -0.2) is 72.6 Å². The molecule has 0 unspecified atom stereocenters. The molecule has 1 aliphatic heterocycles. The first-order valence-corrected chi connectivity index (χ1v) is 13.1. The van der Waals surface area contributed by atoms with E-state index in [-0.39, 0.29) is 12.4 Å². The van der Waals surface area contributed by atoms with Crippen LogP contribution in [0.5, 0.6) is 0 Å². The molecule has 35 heavy (non-hydrogen) atoms. The van der Waals surface area contributed by atoms with Crippen molar-refractivity contribution in [2.75, 3.05) is 54.0 Å². The molecule has 0 aliphatic carbocycles. The van der Waals surface area contributed by atoms with Gasteiger partial charge in [0.05, 0.1) is 24.5 Å². The van der Waals surface area contributed by atoms with E-state index in [0.29, 0.717) is 11.5 Å². The number of hydrogen-bond acceptors (Lipinski definition) is 9. The van der Waals surface area contributed by atoms with Gasteiger partial charge in [-0.1, -0.05) is 0 Å². The van der Waals surface area contributed by atoms with Gasteiger partial charge in [0.2, 0.25) is 10.0 Å². The molecular weight excluding hydrogens is 466 g/mol. The molecule has 0 spiro atoms. The van der Waals surface area contributed by atoms with Crippen LogP contribution < -0.4 is 19.8 Å². The number of nitrogens with zero attached hydrogens (tertiary/aromatic N) is 7. The van der Waals surface area contributed by atoms with E-state index in [4.69, 9.17) is 0 Å². The van der Waals surface area contributed by atoms with E-state index in [2.05, 4.69) is 47.7 Å². The van der Waals surface area contributed by atoms with E-state index in [0.717, 1.165) is 53.3 Å². The molecule has 0 radical (unpaired) electrons. The van der Waals surface area contributed by atoms with Crippen LogP contribution in [0.3, 0.4) is 0 Å². The summed E-state index contributed by atoms with van der Waals surface area (Å²) in [6.45, 7) is 4.26. The summed E-state index contributed by atoms with van der Waals surface area (Å²) in [5.41, 5.74) is 3.49. The van der Waals surface area contributed by atoms with Gasteiger partial charge in [0, 0.05) is 74.6 Å². The van der Waals surface area contributed by atoms with Crippen molar-refractivity contribution in [2.24, 2.45) is 0 Å². The van der Waals surface area contributed by atoms with Crippen LogP contribution in [-0.2, 0) is 16.6 Å². The summed E-state index contributed by atoms with van der Waals surface area (Å²) in [5.74, 6) is 0.956. The summed E-state index contributed by atoms with van der Waals surface area (Å²) in [5, 5.41) is 12.1. The number of sulfonamides is 1. The smallest absolute Gasteiger partial charge is 0.233 e. The molecule has 4 heterocycles. The molecule has 0 bridgehead atoms. The van der Waals surface area contributed by atoms with Crippen molar-refractivity contribution in [1.82, 2.24) is 30.0 Å². The minimum absolute atomic E-state index is 0.259. The maximum absolute atomic E-state index is 12.0. The van der Waals surface area contributed by atoms with Gasteiger partial charge in [0.25, 0.3) is 0 Å². The van der Waals surface area contributed by atoms with Crippen molar-refractivity contribution in [3.05, 3.63) is 60.8 Å². The third kappa shape index (κ3) is 5.03. The molecule has 0 saturated carbocycles. The van der Waals surface area contributed by atoms with Gasteiger partial charge in [0.1, 0.15) is 11.5 Å². The van der Waals surface area contributed by atoms with Gasteiger partial charge in [-0.2, -0.15) is 5.10 Å². The first-order valence-electron chi connectivity index (χ1n) is 11.3. The minimum Gasteiger partial charge on any atom is -0.369 e. The summed E-state index contributed by atoms with van der Waals surface area (Å²) in [6.07, 6.45) is 7.64. The monoisotopic (exact) mass is 493 g/mol. The number of fused-ring (bicyclic) bond motifs is 1. The summed E-state index contributed by atoms with van der Waals surface area (Å²) >= 11 is 0. The van der Waals surface area contributed by atoms with Gasteiger partial charge in [-0.05, 0) is 24.3 Å². The van der Waals surface area contributed by atoms with E-state index in [1.807, 2.05) is 18.2 Å². The first kappa shape index (κ1) is 23.0. The minimum atomic E-state index is -3.48. The second kappa shape index (κ2) is 9.47. The third-order valence-corrected chi connectivity index (χ3v) is 7.16. The Hall–Kier alpha value is -3.77. The average Bonchev–Trinajstić information content (AvgIpc) is 3.26. The molecular formula is C23H27N9O2S. The Labute approximate surface area is 203 Å². The van der Waals surface area contributed by atoms with E-state index in [9.17, 15) is 8.42 Å². The quantitative estimate of drug-likeness (QED) is 0.397. The molecule has 1 aromatic carbocycles. The Bertz CT molecular complexity index is 1430. The number of aromatic nitrogens is 5. The molecule has 1 fully saturated rings. The Morgan fingerprint density at radius 1 is 1.06 bits per heavy atom. The van der Waals surface area contributed by atoms with Gasteiger partial charge < -0.3 is 15.5 Å². The molecule has 2 N–H and O–H groups in total. The highest BCUT2D eigenvalue weighted by atomic mass is 32.2. The molecule has 12 heteroatoms. The normalized spacial score (nSPS) is 14.3. The number of nitrogens with one attached hydrogen (secondary N) is 2. The molecule has 182 valence electrons. The number of hydrogen-bond donors (Lipinski definition) is 2. The SMILES string of the molecule is CN(c1nccnc1Cn1ncc2cnc(Nc3ccc(N4CCNCC4)cc3)cc21)S(C)(=O)=O. The van der Waals surface area contributed by atoms with Crippen LogP contribution in [0.15, 0.2) is 55.1 Å². The molecule has 0 atom stereocenters. The van der Waals surface area contributed by atoms with Crippen molar-refractivity contribution in [1.29, 1.82) is 0 Å². The summed E-state index contributed by atoms with van der Waals surface area (Å²) in [6, 6.07) is 10.2. The molecule has 4 aromatic rings. The topological polar surface area (TPSA) is 121 Å². The van der Waals surface area contributed by atoms with Gasteiger partial charge in [-0.15, -0.1) is 0 Å². The van der Waals surface area contributed by atoms with Crippen LogP contribution in [0.4, 0.5) is 23.0 Å². The van der Waals surface area contributed by atoms with Gasteiger partial charge >= 0.3 is 0 Å². The van der Waals surface area contributed by atoms with Crippen molar-refractivity contribution >= 4 is 43.9 Å². The molecule has 5 rings (SSSR count). The zero-order valence-electron chi connectivity index (χ0n) is 19.6. The molecule has 0 amide bonds. The molecule has 1 saturated heterocycles. The van der Waals surface area contributed by atoms with Crippen molar-refractivity contribution in [3.8, 4) is 0 Å². The number of benzene rings is 1. The number of piperazine rings is 1. The largest absolute Gasteiger partial charge is 0.369 e. The summed E-state index contributed by atoms with van der Waals surface area (Å²) in [7, 11) is -2.01. The Morgan fingerprint density at radius 3 is 2.54 bits per heavy atom. The van der Waals surface area contributed by atoms with Crippen LogP contribution >= 0.6 is 0 Å². The van der Waals surface area contributed by atoms with Gasteiger partial charge in [-0.25, -0.2) is 18.4 Å². The zero-order chi connectivity index (χ0) is 24.4. The predicted octanol–water partition coefficient (Wildman–Crippen LogP) is 1.82. The second-order valence-corrected chi connectivity index (χ2v) is 10.4. The Balaban J connectivity index is 1.37. The standard InChI is InChI=1S/C23H27N9O2S/c1-30(35(2,33)34)23-20(25-7-8-26-23)16-32-21-13-22(27-14-17(21)15-28-32)29-18-3-5-19(6-4-18)31-11-9-24-10-12-31/h3-8,13-15,24H,9-12,16H2,1-2H3,(H,27,29). The van der Waals surface area contributed by atoms with Crippen LogP contribution in [0.2, 0.25) is 0 Å². The third-order valence-electron chi connectivity index (χ3n) is 6.00. The van der Waals surface area contributed by atoms with Crippen molar-refractivity contribution in [3.63, 3.8) is 0 Å². The fourth-order valence-electron chi connectivity index (χ4n) is 4.03. The lowest BCUT2D eigenvalue weighted by Crippen LogP contribution is -2.43. The zero-order valence-corrected chi connectivity index (χ0v) is 20.4. The molecule has 1 aliphatic rings. The highest BCUT2D eigenvalue weighted by Gasteiger charge is 2.19. The highest BCUT2D eigenvalue weighted by molar-refractivity contribution is 7.92.